The Hall–Kier alpha value is -3.41. The molecule has 2 N–H and O–H groups in total. The van der Waals surface area contributed by atoms with Crippen molar-refractivity contribution in [1.29, 1.82) is 0 Å². The van der Waals surface area contributed by atoms with E-state index in [0.717, 1.165) is 5.56 Å². The van der Waals surface area contributed by atoms with Gasteiger partial charge in [0.15, 0.2) is 0 Å². The molecule has 0 saturated heterocycles. The molecular formula is C19H16N2O4. The number of carboxylic acid groups (broad SMARTS) is 1. The zero-order valence-electron chi connectivity index (χ0n) is 13.7. The van der Waals surface area contributed by atoms with Crippen LogP contribution in [0.3, 0.4) is 0 Å². The number of nitrogens with zero attached hydrogens (tertiary/aromatic N) is 1. The maximum Gasteiger partial charge on any atom is 0.336 e. The molecule has 0 fully saturated rings. The summed E-state index contributed by atoms with van der Waals surface area (Å²) in [7, 11) is 1.58. The summed E-state index contributed by atoms with van der Waals surface area (Å²) in [4.78, 5) is 27.4. The number of ether oxygens (including phenoxy) is 1. The third kappa shape index (κ3) is 3.42. The zero-order valence-corrected chi connectivity index (χ0v) is 13.7. The van der Waals surface area contributed by atoms with Crippen LogP contribution in [0.1, 0.15) is 17.3 Å². The largest absolute Gasteiger partial charge is 0.497 e. The molecular weight excluding hydrogens is 320 g/mol. The van der Waals surface area contributed by atoms with Crippen molar-refractivity contribution >= 4 is 28.5 Å². The summed E-state index contributed by atoms with van der Waals surface area (Å²) in [5.74, 6) is -0.533. The van der Waals surface area contributed by atoms with Gasteiger partial charge in [-0.1, -0.05) is 0 Å². The second kappa shape index (κ2) is 6.60. The van der Waals surface area contributed by atoms with E-state index >= 15 is 0 Å². The number of aromatic nitrogens is 1. The lowest BCUT2D eigenvalue weighted by Gasteiger charge is -2.10. The van der Waals surface area contributed by atoms with Crippen LogP contribution in [0.5, 0.6) is 5.75 Å². The molecule has 0 saturated carbocycles. The third-order valence-corrected chi connectivity index (χ3v) is 3.75. The summed E-state index contributed by atoms with van der Waals surface area (Å²) in [6.07, 6.45) is 0. The van der Waals surface area contributed by atoms with Crippen LogP contribution >= 0.6 is 0 Å². The van der Waals surface area contributed by atoms with E-state index < -0.39 is 5.97 Å². The average molecular weight is 336 g/mol. The molecule has 0 atom stereocenters. The van der Waals surface area contributed by atoms with Crippen LogP contribution in [-0.4, -0.2) is 29.1 Å². The molecule has 25 heavy (non-hydrogen) atoms. The lowest BCUT2D eigenvalue weighted by molar-refractivity contribution is -0.114. The molecule has 1 amide bonds. The van der Waals surface area contributed by atoms with E-state index in [4.69, 9.17) is 4.74 Å². The summed E-state index contributed by atoms with van der Waals surface area (Å²) in [5.41, 5.74) is 2.53. The summed E-state index contributed by atoms with van der Waals surface area (Å²) < 4.78 is 5.14. The number of pyridine rings is 1. The number of benzene rings is 2. The average Bonchev–Trinajstić information content (AvgIpc) is 2.60. The number of amides is 1. The van der Waals surface area contributed by atoms with Crippen LogP contribution < -0.4 is 10.1 Å². The predicted molar refractivity (Wildman–Crippen MR) is 95.0 cm³/mol. The van der Waals surface area contributed by atoms with Crippen molar-refractivity contribution in [3.05, 3.63) is 54.1 Å². The highest BCUT2D eigenvalue weighted by molar-refractivity contribution is 6.05. The second-order valence-corrected chi connectivity index (χ2v) is 5.50. The van der Waals surface area contributed by atoms with Gasteiger partial charge in [-0.05, 0) is 48.5 Å². The van der Waals surface area contributed by atoms with Gasteiger partial charge < -0.3 is 15.2 Å². The maximum atomic E-state index is 11.6. The number of nitrogens with one attached hydrogen (secondary N) is 1. The van der Waals surface area contributed by atoms with Crippen molar-refractivity contribution in [1.82, 2.24) is 4.98 Å². The summed E-state index contributed by atoms with van der Waals surface area (Å²) in [6.45, 7) is 1.41. The van der Waals surface area contributed by atoms with E-state index in [1.54, 1.807) is 43.5 Å². The van der Waals surface area contributed by atoms with Crippen molar-refractivity contribution in [2.75, 3.05) is 12.4 Å². The Morgan fingerprint density at radius 3 is 2.40 bits per heavy atom. The van der Waals surface area contributed by atoms with Gasteiger partial charge in [0.2, 0.25) is 5.91 Å². The van der Waals surface area contributed by atoms with Gasteiger partial charge in [-0.2, -0.15) is 0 Å². The highest BCUT2D eigenvalue weighted by atomic mass is 16.5. The first kappa shape index (κ1) is 16.4. The molecule has 0 aliphatic heterocycles. The van der Waals surface area contributed by atoms with E-state index in [1.807, 2.05) is 12.1 Å². The highest BCUT2D eigenvalue weighted by Crippen LogP contribution is 2.28. The number of fused-ring (bicyclic) bond motifs is 1. The molecule has 2 aromatic carbocycles. The highest BCUT2D eigenvalue weighted by Gasteiger charge is 2.14. The van der Waals surface area contributed by atoms with Crippen molar-refractivity contribution in [3.63, 3.8) is 0 Å². The fraction of sp³-hybridized carbons (Fsp3) is 0.105. The van der Waals surface area contributed by atoms with E-state index in [0.29, 0.717) is 28.0 Å². The Kier molecular flexibility index (Phi) is 4.35. The Bertz CT molecular complexity index is 965. The number of aromatic carboxylic acids is 1. The van der Waals surface area contributed by atoms with E-state index in [1.165, 1.54) is 6.92 Å². The summed E-state index contributed by atoms with van der Waals surface area (Å²) >= 11 is 0. The minimum atomic E-state index is -1.03. The van der Waals surface area contributed by atoms with Gasteiger partial charge in [-0.3, -0.25) is 4.79 Å². The number of carbonyl (C=O) groups is 2. The summed E-state index contributed by atoms with van der Waals surface area (Å²) in [5, 5.41) is 12.7. The van der Waals surface area contributed by atoms with Crippen molar-refractivity contribution < 1.29 is 19.4 Å². The van der Waals surface area contributed by atoms with Crippen LogP contribution in [0.4, 0.5) is 5.69 Å². The van der Waals surface area contributed by atoms with Gasteiger partial charge in [-0.15, -0.1) is 0 Å². The minimum Gasteiger partial charge on any atom is -0.497 e. The molecule has 0 aliphatic carbocycles. The molecule has 0 aliphatic rings. The first-order valence-corrected chi connectivity index (χ1v) is 7.58. The fourth-order valence-electron chi connectivity index (χ4n) is 2.60. The van der Waals surface area contributed by atoms with Gasteiger partial charge in [0.25, 0.3) is 0 Å². The Balaban J connectivity index is 2.17. The third-order valence-electron chi connectivity index (χ3n) is 3.75. The number of hydrogen-bond donors (Lipinski definition) is 2. The number of rotatable bonds is 4. The smallest absolute Gasteiger partial charge is 0.336 e. The van der Waals surface area contributed by atoms with Crippen LogP contribution in [0.2, 0.25) is 0 Å². The lowest BCUT2D eigenvalue weighted by atomic mass is 10.0. The standard InChI is InChI=1S/C19H16N2O4/c1-11(22)20-13-5-8-15-16(19(23)24)10-17(21-18(15)9-13)12-3-6-14(25-2)7-4-12/h3-10H,1-2H3,(H,20,22)(H,23,24). The van der Waals surface area contributed by atoms with Crippen molar-refractivity contribution in [2.45, 2.75) is 6.92 Å². The fourth-order valence-corrected chi connectivity index (χ4v) is 2.60. The van der Waals surface area contributed by atoms with Crippen molar-refractivity contribution in [2.24, 2.45) is 0 Å². The quantitative estimate of drug-likeness (QED) is 0.760. The number of carboxylic acids is 1. The molecule has 6 heteroatoms. The Morgan fingerprint density at radius 2 is 1.80 bits per heavy atom. The van der Waals surface area contributed by atoms with E-state index in [-0.39, 0.29) is 11.5 Å². The van der Waals surface area contributed by atoms with Crippen LogP contribution in [0, 0.1) is 0 Å². The first-order chi connectivity index (χ1) is 12.0. The van der Waals surface area contributed by atoms with Gasteiger partial charge in [0, 0.05) is 23.6 Å². The number of methoxy groups -OCH3 is 1. The zero-order chi connectivity index (χ0) is 18.0. The normalized spacial score (nSPS) is 10.5. The Labute approximate surface area is 144 Å². The van der Waals surface area contributed by atoms with Gasteiger partial charge in [0.05, 0.1) is 23.9 Å². The Morgan fingerprint density at radius 1 is 1.08 bits per heavy atom. The number of carbonyl (C=O) groups excluding carboxylic acids is 1. The molecule has 1 aromatic heterocycles. The van der Waals surface area contributed by atoms with E-state index in [2.05, 4.69) is 10.3 Å². The molecule has 3 rings (SSSR count). The van der Waals surface area contributed by atoms with Crippen LogP contribution in [0.15, 0.2) is 48.5 Å². The monoisotopic (exact) mass is 336 g/mol. The molecule has 6 nitrogen and oxygen atoms in total. The van der Waals surface area contributed by atoms with Gasteiger partial charge in [0.1, 0.15) is 5.75 Å². The predicted octanol–water partition coefficient (Wildman–Crippen LogP) is 3.57. The second-order valence-electron chi connectivity index (χ2n) is 5.50. The SMILES string of the molecule is COc1ccc(-c2cc(C(=O)O)c3ccc(NC(C)=O)cc3n2)cc1. The van der Waals surface area contributed by atoms with E-state index in [9.17, 15) is 14.7 Å². The minimum absolute atomic E-state index is 0.158. The molecule has 126 valence electrons. The van der Waals surface area contributed by atoms with Gasteiger partial charge in [-0.25, -0.2) is 9.78 Å². The lowest BCUT2D eigenvalue weighted by Crippen LogP contribution is -2.06. The van der Waals surface area contributed by atoms with Crippen LogP contribution in [0.25, 0.3) is 22.2 Å². The summed E-state index contributed by atoms with van der Waals surface area (Å²) in [6, 6.07) is 13.7. The molecule has 0 unspecified atom stereocenters. The van der Waals surface area contributed by atoms with Gasteiger partial charge >= 0.3 is 5.97 Å². The molecule has 0 bridgehead atoms. The van der Waals surface area contributed by atoms with Crippen LogP contribution in [-0.2, 0) is 4.79 Å². The molecule has 3 aromatic rings. The number of hydrogen-bond acceptors (Lipinski definition) is 4. The molecule has 0 spiro atoms. The first-order valence-electron chi connectivity index (χ1n) is 7.58. The number of anilines is 1. The maximum absolute atomic E-state index is 11.6. The topological polar surface area (TPSA) is 88.5 Å². The molecule has 1 heterocycles. The van der Waals surface area contributed by atoms with Crippen molar-refractivity contribution in [3.8, 4) is 17.0 Å². The molecule has 0 radical (unpaired) electrons.